The van der Waals surface area contributed by atoms with E-state index in [1.54, 1.807) is 37.4 Å². The number of nitrogens with one attached hydrogen (secondary N) is 1. The molecule has 0 unspecified atom stereocenters. The Morgan fingerprint density at radius 2 is 2.00 bits per heavy atom. The zero-order valence-corrected chi connectivity index (χ0v) is 11.8. The lowest BCUT2D eigenvalue weighted by Crippen LogP contribution is -2.17. The van der Waals surface area contributed by atoms with Crippen LogP contribution in [0.3, 0.4) is 0 Å². The summed E-state index contributed by atoms with van der Waals surface area (Å²) in [6, 6.07) is 9.83. The molecule has 2 aromatic rings. The molecule has 0 atom stereocenters. The second kappa shape index (κ2) is 6.06. The second-order valence-electron chi connectivity index (χ2n) is 4.43. The normalized spacial score (nSPS) is 9.95. The van der Waals surface area contributed by atoms with Gasteiger partial charge in [-0.05, 0) is 36.8 Å². The number of methoxy groups -OCH3 is 1. The molecule has 0 aliphatic heterocycles. The van der Waals surface area contributed by atoms with Gasteiger partial charge in [-0.3, -0.25) is 9.59 Å². The number of pyridine rings is 1. The fraction of sp³-hybridized carbons (Fsp3) is 0.188. The van der Waals surface area contributed by atoms with E-state index in [9.17, 15) is 9.59 Å². The molecule has 0 saturated heterocycles. The topological polar surface area (TPSA) is 83.0 Å². The van der Waals surface area contributed by atoms with Crippen LogP contribution in [0, 0.1) is 11.3 Å². The maximum atomic E-state index is 12.5. The van der Waals surface area contributed by atoms with E-state index in [4.69, 9.17) is 10.00 Å². The fourth-order valence-electron chi connectivity index (χ4n) is 2.03. The standard InChI is InChI=1S/C16H14N2O3/c1-3-14-13(8-11(9-17)16(20)18-14)15(19)10-4-6-12(21-2)7-5-10/h4-8H,3H2,1-2H3,(H,18,20). The van der Waals surface area contributed by atoms with E-state index in [1.807, 2.05) is 6.92 Å². The van der Waals surface area contributed by atoms with Gasteiger partial charge in [0, 0.05) is 16.8 Å². The molecule has 21 heavy (non-hydrogen) atoms. The van der Waals surface area contributed by atoms with Gasteiger partial charge >= 0.3 is 0 Å². The zero-order valence-electron chi connectivity index (χ0n) is 11.8. The lowest BCUT2D eigenvalue weighted by Gasteiger charge is -2.08. The molecule has 0 radical (unpaired) electrons. The quantitative estimate of drug-likeness (QED) is 0.870. The highest BCUT2D eigenvalue weighted by molar-refractivity contribution is 6.09. The second-order valence-corrected chi connectivity index (χ2v) is 4.43. The molecule has 2 rings (SSSR count). The Kier molecular flexibility index (Phi) is 4.19. The summed E-state index contributed by atoms with van der Waals surface area (Å²) >= 11 is 0. The molecule has 0 aliphatic carbocycles. The third-order valence-corrected chi connectivity index (χ3v) is 3.19. The number of rotatable bonds is 4. The van der Waals surface area contributed by atoms with E-state index in [1.165, 1.54) is 6.07 Å². The summed E-state index contributed by atoms with van der Waals surface area (Å²) in [5, 5.41) is 8.93. The van der Waals surface area contributed by atoms with Gasteiger partial charge in [-0.15, -0.1) is 0 Å². The van der Waals surface area contributed by atoms with Crippen molar-refractivity contribution >= 4 is 5.78 Å². The number of carbonyl (C=O) groups is 1. The van der Waals surface area contributed by atoms with E-state index in [0.717, 1.165) is 0 Å². The molecule has 0 aliphatic rings. The summed E-state index contributed by atoms with van der Waals surface area (Å²) in [5.41, 5.74) is 0.810. The molecule has 0 bridgehead atoms. The summed E-state index contributed by atoms with van der Waals surface area (Å²) in [7, 11) is 1.55. The van der Waals surface area contributed by atoms with Crippen molar-refractivity contribution in [2.75, 3.05) is 7.11 Å². The summed E-state index contributed by atoms with van der Waals surface area (Å²) in [5.74, 6) is 0.420. The SMILES string of the molecule is CCc1[nH]c(=O)c(C#N)cc1C(=O)c1ccc(OC)cc1. The van der Waals surface area contributed by atoms with Gasteiger partial charge in [0.15, 0.2) is 5.78 Å². The predicted octanol–water partition coefficient (Wildman–Crippen LogP) is 2.05. The van der Waals surface area contributed by atoms with Gasteiger partial charge in [-0.25, -0.2) is 0 Å². The number of H-pyrrole nitrogens is 1. The van der Waals surface area contributed by atoms with Gasteiger partial charge in [0.25, 0.3) is 5.56 Å². The van der Waals surface area contributed by atoms with Crippen LogP contribution in [0.25, 0.3) is 0 Å². The average molecular weight is 282 g/mol. The number of ether oxygens (including phenoxy) is 1. The van der Waals surface area contributed by atoms with Gasteiger partial charge in [0.1, 0.15) is 17.4 Å². The van der Waals surface area contributed by atoms with Crippen molar-refractivity contribution in [3.63, 3.8) is 0 Å². The Bertz CT molecular complexity index is 768. The summed E-state index contributed by atoms with van der Waals surface area (Å²) in [6.07, 6.45) is 0.498. The molecule has 5 nitrogen and oxygen atoms in total. The number of aromatic nitrogens is 1. The largest absolute Gasteiger partial charge is 0.497 e. The molecule has 5 heteroatoms. The van der Waals surface area contributed by atoms with Crippen LogP contribution in [0.5, 0.6) is 5.75 Å². The Morgan fingerprint density at radius 3 is 2.52 bits per heavy atom. The Labute approximate surface area is 121 Å². The van der Waals surface area contributed by atoms with Crippen LogP contribution in [0.1, 0.15) is 34.1 Å². The number of aryl methyl sites for hydroxylation is 1. The highest BCUT2D eigenvalue weighted by atomic mass is 16.5. The molecule has 0 amide bonds. The van der Waals surface area contributed by atoms with Crippen molar-refractivity contribution in [2.24, 2.45) is 0 Å². The Morgan fingerprint density at radius 1 is 1.33 bits per heavy atom. The molecule has 0 saturated carbocycles. The van der Waals surface area contributed by atoms with E-state index in [2.05, 4.69) is 4.98 Å². The van der Waals surface area contributed by atoms with Crippen LogP contribution in [0.2, 0.25) is 0 Å². The molecule has 0 spiro atoms. The zero-order chi connectivity index (χ0) is 15.4. The number of hydrogen-bond donors (Lipinski definition) is 1. The van der Waals surface area contributed by atoms with Crippen molar-refractivity contribution in [3.05, 3.63) is 63.1 Å². The molecular weight excluding hydrogens is 268 g/mol. The Hall–Kier alpha value is -2.87. The number of nitrogens with zero attached hydrogens (tertiary/aromatic N) is 1. The minimum atomic E-state index is -0.472. The molecule has 106 valence electrons. The van der Waals surface area contributed by atoms with Crippen molar-refractivity contribution < 1.29 is 9.53 Å². The number of nitriles is 1. The average Bonchev–Trinajstić information content (AvgIpc) is 2.54. The summed E-state index contributed by atoms with van der Waals surface area (Å²) in [6.45, 7) is 1.84. The highest BCUT2D eigenvalue weighted by Gasteiger charge is 2.16. The lowest BCUT2D eigenvalue weighted by molar-refractivity contribution is 0.103. The third-order valence-electron chi connectivity index (χ3n) is 3.19. The summed E-state index contributed by atoms with van der Waals surface area (Å²) in [4.78, 5) is 26.7. The first-order valence-corrected chi connectivity index (χ1v) is 6.45. The maximum absolute atomic E-state index is 12.5. The molecular formula is C16H14N2O3. The van der Waals surface area contributed by atoms with Gasteiger partial charge < -0.3 is 9.72 Å². The maximum Gasteiger partial charge on any atom is 0.266 e. The van der Waals surface area contributed by atoms with Gasteiger partial charge in [-0.1, -0.05) is 6.92 Å². The number of ketones is 1. The Balaban J connectivity index is 2.51. The molecule has 1 N–H and O–H groups in total. The van der Waals surface area contributed by atoms with Crippen molar-refractivity contribution in [3.8, 4) is 11.8 Å². The van der Waals surface area contributed by atoms with Crippen molar-refractivity contribution in [1.29, 1.82) is 5.26 Å². The van der Waals surface area contributed by atoms with Crippen LogP contribution in [0.15, 0.2) is 35.1 Å². The van der Waals surface area contributed by atoms with Crippen LogP contribution in [-0.4, -0.2) is 17.9 Å². The van der Waals surface area contributed by atoms with Crippen molar-refractivity contribution in [1.82, 2.24) is 4.98 Å². The van der Waals surface area contributed by atoms with E-state index >= 15 is 0 Å². The smallest absolute Gasteiger partial charge is 0.266 e. The molecule has 1 aromatic heterocycles. The number of carbonyl (C=O) groups excluding carboxylic acids is 1. The van der Waals surface area contributed by atoms with Crippen LogP contribution < -0.4 is 10.3 Å². The number of aromatic amines is 1. The third kappa shape index (κ3) is 2.84. The van der Waals surface area contributed by atoms with E-state index < -0.39 is 5.56 Å². The van der Waals surface area contributed by atoms with Crippen LogP contribution in [-0.2, 0) is 6.42 Å². The van der Waals surface area contributed by atoms with Gasteiger partial charge in [-0.2, -0.15) is 5.26 Å². The summed E-state index contributed by atoms with van der Waals surface area (Å²) < 4.78 is 5.05. The molecule has 1 heterocycles. The fourth-order valence-corrected chi connectivity index (χ4v) is 2.03. The molecule has 0 fully saturated rings. The monoisotopic (exact) mass is 282 g/mol. The van der Waals surface area contributed by atoms with Crippen molar-refractivity contribution in [2.45, 2.75) is 13.3 Å². The minimum Gasteiger partial charge on any atom is -0.497 e. The first-order valence-electron chi connectivity index (χ1n) is 6.45. The number of benzene rings is 1. The first kappa shape index (κ1) is 14.5. The number of hydrogen-bond acceptors (Lipinski definition) is 4. The lowest BCUT2D eigenvalue weighted by atomic mass is 9.99. The predicted molar refractivity (Wildman–Crippen MR) is 77.6 cm³/mol. The first-order chi connectivity index (χ1) is 10.1. The highest BCUT2D eigenvalue weighted by Crippen LogP contribution is 2.17. The van der Waals surface area contributed by atoms with E-state index in [-0.39, 0.29) is 11.3 Å². The van der Waals surface area contributed by atoms with Crippen LogP contribution in [0.4, 0.5) is 0 Å². The van der Waals surface area contributed by atoms with E-state index in [0.29, 0.717) is 29.0 Å². The van der Waals surface area contributed by atoms with Gasteiger partial charge in [0.05, 0.1) is 7.11 Å². The van der Waals surface area contributed by atoms with Gasteiger partial charge in [0.2, 0.25) is 0 Å². The van der Waals surface area contributed by atoms with Crippen LogP contribution >= 0.6 is 0 Å². The minimum absolute atomic E-state index is 0.0657. The molecule has 1 aromatic carbocycles.